The van der Waals surface area contributed by atoms with E-state index in [-0.39, 0.29) is 5.41 Å². The SMILES string of the molecule is CCC1=CCCC(O)=C1C1(C)CCc2cccc(O)c21. The second-order valence-corrected chi connectivity index (χ2v) is 6.09. The van der Waals surface area contributed by atoms with Crippen LogP contribution in [0.5, 0.6) is 5.75 Å². The van der Waals surface area contributed by atoms with E-state index in [1.165, 1.54) is 11.1 Å². The number of aromatic hydroxyl groups is 1. The fourth-order valence-corrected chi connectivity index (χ4v) is 3.98. The van der Waals surface area contributed by atoms with Gasteiger partial charge in [-0.15, -0.1) is 0 Å². The molecule has 106 valence electrons. The first-order valence-electron chi connectivity index (χ1n) is 7.51. The molecule has 0 heterocycles. The first kappa shape index (κ1) is 13.3. The quantitative estimate of drug-likeness (QED) is 0.828. The predicted molar refractivity (Wildman–Crippen MR) is 81.0 cm³/mol. The summed E-state index contributed by atoms with van der Waals surface area (Å²) in [7, 11) is 0. The lowest BCUT2D eigenvalue weighted by Gasteiger charge is -2.33. The summed E-state index contributed by atoms with van der Waals surface area (Å²) in [6, 6.07) is 5.76. The van der Waals surface area contributed by atoms with Crippen molar-refractivity contribution in [3.8, 4) is 5.75 Å². The molecule has 2 aliphatic rings. The van der Waals surface area contributed by atoms with Crippen molar-refractivity contribution >= 4 is 0 Å². The van der Waals surface area contributed by atoms with Crippen LogP contribution in [0.1, 0.15) is 50.7 Å². The number of benzene rings is 1. The lowest BCUT2D eigenvalue weighted by atomic mass is 9.70. The number of phenolic OH excluding ortho intramolecular Hbond substituents is 1. The molecule has 0 amide bonds. The van der Waals surface area contributed by atoms with Gasteiger partial charge >= 0.3 is 0 Å². The van der Waals surface area contributed by atoms with Crippen LogP contribution in [0.15, 0.2) is 41.2 Å². The number of phenols is 1. The van der Waals surface area contributed by atoms with Gasteiger partial charge in [-0.2, -0.15) is 0 Å². The van der Waals surface area contributed by atoms with E-state index < -0.39 is 0 Å². The van der Waals surface area contributed by atoms with E-state index in [9.17, 15) is 10.2 Å². The van der Waals surface area contributed by atoms with E-state index in [0.717, 1.165) is 43.2 Å². The molecule has 3 rings (SSSR count). The van der Waals surface area contributed by atoms with E-state index in [2.05, 4.69) is 26.0 Å². The van der Waals surface area contributed by atoms with Crippen molar-refractivity contribution in [2.75, 3.05) is 0 Å². The van der Waals surface area contributed by atoms with Crippen molar-refractivity contribution in [2.24, 2.45) is 0 Å². The highest BCUT2D eigenvalue weighted by atomic mass is 16.3. The molecule has 2 nitrogen and oxygen atoms in total. The Morgan fingerprint density at radius 2 is 2.00 bits per heavy atom. The maximum atomic E-state index is 10.5. The Hall–Kier alpha value is -1.70. The highest BCUT2D eigenvalue weighted by Gasteiger charge is 2.42. The Morgan fingerprint density at radius 3 is 2.75 bits per heavy atom. The number of hydrogen-bond acceptors (Lipinski definition) is 2. The molecule has 1 aromatic rings. The molecule has 1 atom stereocenters. The molecular formula is C18H22O2. The summed E-state index contributed by atoms with van der Waals surface area (Å²) in [6.45, 7) is 4.30. The highest BCUT2D eigenvalue weighted by molar-refractivity contribution is 5.58. The van der Waals surface area contributed by atoms with Gasteiger partial charge in [0, 0.05) is 23.0 Å². The van der Waals surface area contributed by atoms with Crippen molar-refractivity contribution in [2.45, 2.75) is 51.4 Å². The molecule has 1 unspecified atom stereocenters. The molecule has 0 fully saturated rings. The van der Waals surface area contributed by atoms with Crippen LogP contribution in [0, 0.1) is 0 Å². The molecule has 0 radical (unpaired) electrons. The zero-order valence-electron chi connectivity index (χ0n) is 12.2. The van der Waals surface area contributed by atoms with Gasteiger partial charge in [-0.1, -0.05) is 32.1 Å². The zero-order valence-corrected chi connectivity index (χ0v) is 12.2. The molecule has 20 heavy (non-hydrogen) atoms. The minimum absolute atomic E-state index is 0.257. The third-order valence-corrected chi connectivity index (χ3v) is 4.89. The average Bonchev–Trinajstić information content (AvgIpc) is 2.78. The summed E-state index contributed by atoms with van der Waals surface area (Å²) >= 11 is 0. The minimum atomic E-state index is -0.257. The highest BCUT2D eigenvalue weighted by Crippen LogP contribution is 2.52. The third-order valence-electron chi connectivity index (χ3n) is 4.89. The van der Waals surface area contributed by atoms with Crippen LogP contribution in [0.25, 0.3) is 0 Å². The molecule has 0 saturated heterocycles. The van der Waals surface area contributed by atoms with Gasteiger partial charge in [0.05, 0.1) is 5.76 Å². The Labute approximate surface area is 120 Å². The van der Waals surface area contributed by atoms with Gasteiger partial charge in [0.15, 0.2) is 0 Å². The van der Waals surface area contributed by atoms with Crippen molar-refractivity contribution in [1.29, 1.82) is 0 Å². The number of aliphatic hydroxyl groups excluding tert-OH is 1. The average molecular weight is 270 g/mol. The fraction of sp³-hybridized carbons (Fsp3) is 0.444. The number of hydrogen-bond donors (Lipinski definition) is 2. The lowest BCUT2D eigenvalue weighted by molar-refractivity contribution is 0.358. The molecular weight excluding hydrogens is 248 g/mol. The summed E-state index contributed by atoms with van der Waals surface area (Å²) in [5, 5.41) is 20.8. The van der Waals surface area contributed by atoms with E-state index >= 15 is 0 Å². The Kier molecular flexibility index (Phi) is 3.12. The van der Waals surface area contributed by atoms with Crippen LogP contribution >= 0.6 is 0 Å². The first-order chi connectivity index (χ1) is 9.58. The Morgan fingerprint density at radius 1 is 1.20 bits per heavy atom. The summed E-state index contributed by atoms with van der Waals surface area (Å²) < 4.78 is 0. The van der Waals surface area contributed by atoms with Crippen LogP contribution in [-0.4, -0.2) is 10.2 Å². The van der Waals surface area contributed by atoms with E-state index in [4.69, 9.17) is 0 Å². The zero-order chi connectivity index (χ0) is 14.3. The Balaban J connectivity index is 2.19. The first-order valence-corrected chi connectivity index (χ1v) is 7.51. The van der Waals surface area contributed by atoms with Gasteiger partial charge in [0.25, 0.3) is 0 Å². The molecule has 1 aromatic carbocycles. The van der Waals surface area contributed by atoms with Crippen LogP contribution in [0.3, 0.4) is 0 Å². The van der Waals surface area contributed by atoms with Gasteiger partial charge in [0.1, 0.15) is 5.75 Å². The smallest absolute Gasteiger partial charge is 0.119 e. The predicted octanol–water partition coefficient (Wildman–Crippen LogP) is 4.54. The largest absolute Gasteiger partial charge is 0.512 e. The summed E-state index contributed by atoms with van der Waals surface area (Å²) in [4.78, 5) is 0. The second kappa shape index (κ2) is 4.69. The van der Waals surface area contributed by atoms with Crippen molar-refractivity contribution in [3.05, 3.63) is 52.3 Å². The standard InChI is InChI=1S/C18H22O2/c1-3-12-6-4-8-14(19)16(12)18(2)11-10-13-7-5-9-15(20)17(13)18/h5-7,9,19-20H,3-4,8,10-11H2,1-2H3. The topological polar surface area (TPSA) is 40.5 Å². The van der Waals surface area contributed by atoms with Gasteiger partial charge in [-0.3, -0.25) is 0 Å². The minimum Gasteiger partial charge on any atom is -0.512 e. The van der Waals surface area contributed by atoms with Gasteiger partial charge < -0.3 is 10.2 Å². The lowest BCUT2D eigenvalue weighted by Crippen LogP contribution is -2.26. The van der Waals surface area contributed by atoms with Crippen molar-refractivity contribution in [3.63, 3.8) is 0 Å². The molecule has 0 spiro atoms. The van der Waals surface area contributed by atoms with E-state index in [0.29, 0.717) is 11.5 Å². The van der Waals surface area contributed by atoms with Crippen molar-refractivity contribution in [1.82, 2.24) is 0 Å². The van der Waals surface area contributed by atoms with Gasteiger partial charge in [-0.05, 0) is 42.9 Å². The van der Waals surface area contributed by atoms with Crippen LogP contribution in [-0.2, 0) is 11.8 Å². The third kappa shape index (κ3) is 1.78. The monoisotopic (exact) mass is 270 g/mol. The molecule has 2 heteroatoms. The fourth-order valence-electron chi connectivity index (χ4n) is 3.98. The second-order valence-electron chi connectivity index (χ2n) is 6.09. The molecule has 0 aliphatic heterocycles. The molecule has 2 N–H and O–H groups in total. The molecule has 0 bridgehead atoms. The van der Waals surface area contributed by atoms with E-state index in [1.807, 2.05) is 6.07 Å². The van der Waals surface area contributed by atoms with Crippen LogP contribution in [0.2, 0.25) is 0 Å². The normalized spacial score (nSPS) is 25.6. The van der Waals surface area contributed by atoms with Gasteiger partial charge in [0.2, 0.25) is 0 Å². The number of fused-ring (bicyclic) bond motifs is 1. The van der Waals surface area contributed by atoms with E-state index in [1.54, 1.807) is 6.07 Å². The summed E-state index contributed by atoms with van der Waals surface area (Å²) in [6.07, 6.45) is 6.74. The number of aryl methyl sites for hydroxylation is 1. The molecule has 2 aliphatic carbocycles. The molecule has 0 aromatic heterocycles. The van der Waals surface area contributed by atoms with Gasteiger partial charge in [-0.25, -0.2) is 0 Å². The number of aliphatic hydroxyl groups is 1. The van der Waals surface area contributed by atoms with Crippen LogP contribution < -0.4 is 0 Å². The summed E-state index contributed by atoms with van der Waals surface area (Å²) in [5.41, 5.74) is 4.28. The Bertz CT molecular complexity index is 610. The van der Waals surface area contributed by atoms with Crippen LogP contribution in [0.4, 0.5) is 0 Å². The number of rotatable bonds is 2. The maximum absolute atomic E-state index is 10.5. The molecule has 0 saturated carbocycles. The van der Waals surface area contributed by atoms with Crippen molar-refractivity contribution < 1.29 is 10.2 Å². The maximum Gasteiger partial charge on any atom is 0.119 e. The summed E-state index contributed by atoms with van der Waals surface area (Å²) in [5.74, 6) is 0.881. The number of allylic oxidation sites excluding steroid dienone is 4.